The molecule has 0 fully saturated rings. The SMILES string of the molecule is COC(=O)CCN(C)c1ccc(N)cn1. The molecule has 1 aromatic heterocycles. The summed E-state index contributed by atoms with van der Waals surface area (Å²) in [5.74, 6) is 0.561. The van der Waals surface area contributed by atoms with Crippen molar-refractivity contribution in [3.05, 3.63) is 18.3 Å². The molecule has 2 N–H and O–H groups in total. The van der Waals surface area contributed by atoms with E-state index in [2.05, 4.69) is 9.72 Å². The van der Waals surface area contributed by atoms with Crippen LogP contribution in [0.5, 0.6) is 0 Å². The first kappa shape index (κ1) is 11.3. The van der Waals surface area contributed by atoms with Crippen molar-refractivity contribution >= 4 is 17.5 Å². The highest BCUT2D eigenvalue weighted by Gasteiger charge is 2.05. The average Bonchev–Trinajstić information content (AvgIpc) is 2.26. The molecule has 0 aliphatic rings. The number of nitrogens with zero attached hydrogens (tertiary/aromatic N) is 2. The van der Waals surface area contributed by atoms with Crippen LogP contribution in [0.3, 0.4) is 0 Å². The summed E-state index contributed by atoms with van der Waals surface area (Å²) < 4.78 is 4.55. The second kappa shape index (κ2) is 5.19. The molecule has 0 saturated heterocycles. The summed E-state index contributed by atoms with van der Waals surface area (Å²) in [6, 6.07) is 3.59. The van der Waals surface area contributed by atoms with Crippen LogP contribution in [0.4, 0.5) is 11.5 Å². The minimum Gasteiger partial charge on any atom is -0.469 e. The number of nitrogens with two attached hydrogens (primary N) is 1. The molecule has 0 saturated carbocycles. The van der Waals surface area contributed by atoms with Crippen LogP contribution in [0.25, 0.3) is 0 Å². The van der Waals surface area contributed by atoms with Gasteiger partial charge in [0, 0.05) is 13.6 Å². The minimum atomic E-state index is -0.225. The number of carbonyl (C=O) groups is 1. The lowest BCUT2D eigenvalue weighted by Crippen LogP contribution is -2.22. The van der Waals surface area contributed by atoms with Gasteiger partial charge in [0.2, 0.25) is 0 Å². The van der Waals surface area contributed by atoms with Crippen molar-refractivity contribution < 1.29 is 9.53 Å². The maximum Gasteiger partial charge on any atom is 0.307 e. The molecule has 0 aliphatic carbocycles. The van der Waals surface area contributed by atoms with E-state index in [0.717, 1.165) is 5.82 Å². The number of nitrogen functional groups attached to an aromatic ring is 1. The van der Waals surface area contributed by atoms with Crippen molar-refractivity contribution in [1.29, 1.82) is 0 Å². The maximum absolute atomic E-state index is 10.9. The van der Waals surface area contributed by atoms with Gasteiger partial charge in [-0.1, -0.05) is 0 Å². The Morgan fingerprint density at radius 1 is 1.60 bits per heavy atom. The second-order valence-electron chi connectivity index (χ2n) is 3.20. The molecular weight excluding hydrogens is 194 g/mol. The van der Waals surface area contributed by atoms with Crippen molar-refractivity contribution in [1.82, 2.24) is 4.98 Å². The summed E-state index contributed by atoms with van der Waals surface area (Å²) >= 11 is 0. The van der Waals surface area contributed by atoms with Crippen LogP contribution in [-0.2, 0) is 9.53 Å². The van der Waals surface area contributed by atoms with E-state index in [1.165, 1.54) is 7.11 Å². The summed E-state index contributed by atoms with van der Waals surface area (Å²) in [5.41, 5.74) is 6.14. The monoisotopic (exact) mass is 209 g/mol. The fourth-order valence-electron chi connectivity index (χ4n) is 1.10. The van der Waals surface area contributed by atoms with Crippen LogP contribution in [0.15, 0.2) is 18.3 Å². The van der Waals surface area contributed by atoms with Gasteiger partial charge in [-0.2, -0.15) is 0 Å². The first-order valence-corrected chi connectivity index (χ1v) is 4.63. The van der Waals surface area contributed by atoms with Crippen LogP contribution in [-0.4, -0.2) is 31.7 Å². The number of anilines is 2. The molecule has 1 heterocycles. The number of esters is 1. The van der Waals surface area contributed by atoms with E-state index in [0.29, 0.717) is 18.7 Å². The summed E-state index contributed by atoms with van der Waals surface area (Å²) in [5, 5.41) is 0. The van der Waals surface area contributed by atoms with Crippen LogP contribution in [0.2, 0.25) is 0 Å². The van der Waals surface area contributed by atoms with Gasteiger partial charge in [-0.25, -0.2) is 4.98 Å². The Hall–Kier alpha value is -1.78. The van der Waals surface area contributed by atoms with Crippen LogP contribution < -0.4 is 10.6 Å². The summed E-state index contributed by atoms with van der Waals surface area (Å²) in [6.45, 7) is 0.573. The molecule has 0 atom stereocenters. The largest absolute Gasteiger partial charge is 0.469 e. The molecule has 0 aromatic carbocycles. The molecule has 5 nitrogen and oxygen atoms in total. The van der Waals surface area contributed by atoms with Gasteiger partial charge in [-0.15, -0.1) is 0 Å². The van der Waals surface area contributed by atoms with E-state index in [-0.39, 0.29) is 5.97 Å². The fraction of sp³-hybridized carbons (Fsp3) is 0.400. The predicted molar refractivity (Wildman–Crippen MR) is 58.6 cm³/mol. The number of carbonyl (C=O) groups excluding carboxylic acids is 1. The number of methoxy groups -OCH3 is 1. The van der Waals surface area contributed by atoms with Crippen LogP contribution >= 0.6 is 0 Å². The molecule has 82 valence electrons. The number of hydrogen-bond acceptors (Lipinski definition) is 5. The van der Waals surface area contributed by atoms with Gasteiger partial charge < -0.3 is 15.4 Å². The van der Waals surface area contributed by atoms with Crippen molar-refractivity contribution in [2.75, 3.05) is 31.3 Å². The molecule has 1 aromatic rings. The third kappa shape index (κ3) is 3.46. The van der Waals surface area contributed by atoms with E-state index >= 15 is 0 Å². The molecule has 0 spiro atoms. The number of aromatic nitrogens is 1. The topological polar surface area (TPSA) is 68.5 Å². The zero-order valence-electron chi connectivity index (χ0n) is 8.93. The third-order valence-corrected chi connectivity index (χ3v) is 2.04. The summed E-state index contributed by atoms with van der Waals surface area (Å²) in [7, 11) is 3.24. The molecule has 0 unspecified atom stereocenters. The maximum atomic E-state index is 10.9. The molecule has 5 heteroatoms. The standard InChI is InChI=1S/C10H15N3O2/c1-13(6-5-10(14)15-2)9-4-3-8(11)7-12-9/h3-4,7H,5-6,11H2,1-2H3. The normalized spacial score (nSPS) is 9.73. The highest BCUT2D eigenvalue weighted by molar-refractivity contribution is 5.69. The van der Waals surface area contributed by atoms with E-state index in [1.54, 1.807) is 12.3 Å². The number of rotatable bonds is 4. The average molecular weight is 209 g/mol. The van der Waals surface area contributed by atoms with E-state index in [4.69, 9.17) is 5.73 Å². The number of pyridine rings is 1. The molecule has 1 rings (SSSR count). The highest BCUT2D eigenvalue weighted by Crippen LogP contribution is 2.10. The Balaban J connectivity index is 2.50. The van der Waals surface area contributed by atoms with E-state index in [9.17, 15) is 4.79 Å². The van der Waals surface area contributed by atoms with E-state index < -0.39 is 0 Å². The lowest BCUT2D eigenvalue weighted by molar-refractivity contribution is -0.140. The zero-order valence-corrected chi connectivity index (χ0v) is 8.93. The second-order valence-corrected chi connectivity index (χ2v) is 3.20. The van der Waals surface area contributed by atoms with E-state index in [1.807, 2.05) is 18.0 Å². The summed E-state index contributed by atoms with van der Waals surface area (Å²) in [4.78, 5) is 16.9. The van der Waals surface area contributed by atoms with Gasteiger partial charge in [-0.3, -0.25) is 4.79 Å². The Morgan fingerprint density at radius 3 is 2.87 bits per heavy atom. The molecule has 0 bridgehead atoms. The molecule has 0 aliphatic heterocycles. The lowest BCUT2D eigenvalue weighted by Gasteiger charge is -2.17. The molecule has 0 radical (unpaired) electrons. The van der Waals surface area contributed by atoms with Gasteiger partial charge in [0.25, 0.3) is 0 Å². The van der Waals surface area contributed by atoms with Crippen molar-refractivity contribution in [3.8, 4) is 0 Å². The van der Waals surface area contributed by atoms with Gasteiger partial charge in [-0.05, 0) is 12.1 Å². The quantitative estimate of drug-likeness (QED) is 0.738. The molecule has 15 heavy (non-hydrogen) atoms. The van der Waals surface area contributed by atoms with Crippen LogP contribution in [0.1, 0.15) is 6.42 Å². The van der Waals surface area contributed by atoms with Crippen molar-refractivity contribution in [2.24, 2.45) is 0 Å². The Kier molecular flexibility index (Phi) is 3.91. The lowest BCUT2D eigenvalue weighted by atomic mass is 10.3. The summed E-state index contributed by atoms with van der Waals surface area (Å²) in [6.07, 6.45) is 1.93. The predicted octanol–water partition coefficient (Wildman–Crippen LogP) is 0.663. The first-order valence-electron chi connectivity index (χ1n) is 4.63. The van der Waals surface area contributed by atoms with Gasteiger partial charge >= 0.3 is 5.97 Å². The van der Waals surface area contributed by atoms with Crippen LogP contribution in [0, 0.1) is 0 Å². The van der Waals surface area contributed by atoms with Crippen molar-refractivity contribution in [2.45, 2.75) is 6.42 Å². The smallest absolute Gasteiger partial charge is 0.307 e. The van der Waals surface area contributed by atoms with Gasteiger partial charge in [0.15, 0.2) is 0 Å². The zero-order chi connectivity index (χ0) is 11.3. The Bertz CT molecular complexity index is 324. The Morgan fingerprint density at radius 2 is 2.33 bits per heavy atom. The highest BCUT2D eigenvalue weighted by atomic mass is 16.5. The Labute approximate surface area is 88.9 Å². The van der Waals surface area contributed by atoms with Crippen molar-refractivity contribution in [3.63, 3.8) is 0 Å². The van der Waals surface area contributed by atoms with Gasteiger partial charge in [0.05, 0.1) is 25.4 Å². The molecule has 0 amide bonds. The number of ether oxygens (including phenoxy) is 1. The third-order valence-electron chi connectivity index (χ3n) is 2.04. The first-order chi connectivity index (χ1) is 7.13. The number of hydrogen-bond donors (Lipinski definition) is 1. The fourth-order valence-corrected chi connectivity index (χ4v) is 1.10. The molecular formula is C10H15N3O2. The van der Waals surface area contributed by atoms with Gasteiger partial charge in [0.1, 0.15) is 5.82 Å². The minimum absolute atomic E-state index is 0.225.